The monoisotopic (exact) mass is 323 g/mol. The first-order valence-electron chi connectivity index (χ1n) is 7.29. The third-order valence-corrected chi connectivity index (χ3v) is 3.79. The number of benzene rings is 1. The van der Waals surface area contributed by atoms with Crippen LogP contribution < -0.4 is 14.9 Å². The van der Waals surface area contributed by atoms with Crippen molar-refractivity contribution >= 4 is 16.9 Å². The first kappa shape index (κ1) is 15.5. The molecule has 0 spiro atoms. The van der Waals surface area contributed by atoms with Crippen LogP contribution in [0.15, 0.2) is 17.1 Å². The third kappa shape index (κ3) is 2.56. The molecule has 1 fully saturated rings. The molecule has 1 saturated carbocycles. The van der Waals surface area contributed by atoms with Gasteiger partial charge >= 0.3 is 5.97 Å². The number of halogens is 2. The van der Waals surface area contributed by atoms with E-state index in [1.165, 1.54) is 13.3 Å². The second-order valence-corrected chi connectivity index (χ2v) is 5.39. The molecule has 122 valence electrons. The summed E-state index contributed by atoms with van der Waals surface area (Å²) in [6.07, 6.45) is 3.14. The normalized spacial score (nSPS) is 14.1. The topological polar surface area (TPSA) is 57.5 Å². The smallest absolute Gasteiger partial charge is 0.311 e. The number of fused-ring (bicyclic) bond motifs is 1. The summed E-state index contributed by atoms with van der Waals surface area (Å²) in [4.78, 5) is 24.0. The standard InChI is InChI=1S/C16H15F2NO4/c1-3-12(20)23-11-7-19(8-4-5-8)14-9(15(11)21)6-10(17)13(18)16(14)22-2/h6-8H,3-5H2,1-2H3. The summed E-state index contributed by atoms with van der Waals surface area (Å²) in [5.74, 6) is -3.42. The van der Waals surface area contributed by atoms with Crippen LogP contribution in [0, 0.1) is 11.6 Å². The highest BCUT2D eigenvalue weighted by Crippen LogP contribution is 2.41. The molecular weight excluding hydrogens is 308 g/mol. The molecule has 0 N–H and O–H groups in total. The van der Waals surface area contributed by atoms with E-state index < -0.39 is 23.0 Å². The highest BCUT2D eigenvalue weighted by Gasteiger charge is 2.29. The van der Waals surface area contributed by atoms with Crippen molar-refractivity contribution in [2.45, 2.75) is 32.2 Å². The number of nitrogens with zero attached hydrogens (tertiary/aromatic N) is 1. The fourth-order valence-electron chi connectivity index (χ4n) is 2.50. The molecule has 1 aromatic carbocycles. The van der Waals surface area contributed by atoms with Crippen LogP contribution in [0.3, 0.4) is 0 Å². The zero-order valence-electron chi connectivity index (χ0n) is 12.7. The Morgan fingerprint density at radius 2 is 2.09 bits per heavy atom. The lowest BCUT2D eigenvalue weighted by molar-refractivity contribution is -0.134. The van der Waals surface area contributed by atoms with Crippen molar-refractivity contribution < 1.29 is 23.0 Å². The van der Waals surface area contributed by atoms with Gasteiger partial charge in [0.25, 0.3) is 0 Å². The molecule has 0 atom stereocenters. The van der Waals surface area contributed by atoms with Gasteiger partial charge in [-0.2, -0.15) is 4.39 Å². The summed E-state index contributed by atoms with van der Waals surface area (Å²) in [5, 5.41) is -0.0750. The number of hydrogen-bond acceptors (Lipinski definition) is 4. The van der Waals surface area contributed by atoms with Crippen molar-refractivity contribution in [2.75, 3.05) is 7.11 Å². The molecule has 1 aliphatic carbocycles. The SMILES string of the molecule is CCC(=O)Oc1cn(C2CC2)c2c(OC)c(F)c(F)cc2c1=O. The predicted molar refractivity (Wildman–Crippen MR) is 78.9 cm³/mol. The van der Waals surface area contributed by atoms with E-state index in [9.17, 15) is 18.4 Å². The highest BCUT2D eigenvalue weighted by molar-refractivity contribution is 5.87. The maximum Gasteiger partial charge on any atom is 0.311 e. The van der Waals surface area contributed by atoms with E-state index in [1.807, 2.05) is 0 Å². The minimum atomic E-state index is -1.19. The Morgan fingerprint density at radius 1 is 1.39 bits per heavy atom. The molecule has 0 bridgehead atoms. The van der Waals surface area contributed by atoms with Gasteiger partial charge in [0.15, 0.2) is 17.3 Å². The fraction of sp³-hybridized carbons (Fsp3) is 0.375. The number of carbonyl (C=O) groups excluding carboxylic acids is 1. The predicted octanol–water partition coefficient (Wildman–Crippen LogP) is 2.94. The van der Waals surface area contributed by atoms with Gasteiger partial charge in [0.05, 0.1) is 24.2 Å². The number of methoxy groups -OCH3 is 1. The van der Waals surface area contributed by atoms with Crippen molar-refractivity contribution in [3.05, 3.63) is 34.1 Å². The van der Waals surface area contributed by atoms with Gasteiger partial charge in [-0.15, -0.1) is 0 Å². The van der Waals surface area contributed by atoms with Crippen molar-refractivity contribution in [2.24, 2.45) is 0 Å². The van der Waals surface area contributed by atoms with E-state index >= 15 is 0 Å². The molecule has 0 amide bonds. The third-order valence-electron chi connectivity index (χ3n) is 3.79. The van der Waals surface area contributed by atoms with Gasteiger partial charge in [0.1, 0.15) is 0 Å². The van der Waals surface area contributed by atoms with Gasteiger partial charge in [-0.3, -0.25) is 9.59 Å². The Morgan fingerprint density at radius 3 is 2.65 bits per heavy atom. The first-order valence-corrected chi connectivity index (χ1v) is 7.29. The fourth-order valence-corrected chi connectivity index (χ4v) is 2.50. The van der Waals surface area contributed by atoms with Gasteiger partial charge in [0, 0.05) is 12.5 Å². The number of aromatic nitrogens is 1. The quantitative estimate of drug-likeness (QED) is 0.812. The summed E-state index contributed by atoms with van der Waals surface area (Å²) in [6.45, 7) is 1.60. The number of ether oxygens (including phenoxy) is 2. The second-order valence-electron chi connectivity index (χ2n) is 5.39. The molecule has 2 aromatic rings. The summed E-state index contributed by atoms with van der Waals surface area (Å²) >= 11 is 0. The van der Waals surface area contributed by atoms with Gasteiger partial charge in [-0.25, -0.2) is 4.39 Å². The second kappa shape index (κ2) is 5.64. The van der Waals surface area contributed by atoms with E-state index in [0.717, 1.165) is 18.9 Å². The zero-order valence-corrected chi connectivity index (χ0v) is 12.7. The Bertz CT molecular complexity index is 856. The molecule has 0 saturated heterocycles. The Labute approximate surface area is 130 Å². The largest absolute Gasteiger partial charge is 0.491 e. The van der Waals surface area contributed by atoms with E-state index in [2.05, 4.69) is 0 Å². The minimum Gasteiger partial charge on any atom is -0.491 e. The Kier molecular flexibility index (Phi) is 3.79. The number of carbonyl (C=O) groups is 1. The van der Waals surface area contributed by atoms with Crippen LogP contribution >= 0.6 is 0 Å². The summed E-state index contributed by atoms with van der Waals surface area (Å²) in [5.41, 5.74) is -0.494. The van der Waals surface area contributed by atoms with Crippen LogP contribution in [0.1, 0.15) is 32.2 Å². The molecule has 0 aliphatic heterocycles. The van der Waals surface area contributed by atoms with Gasteiger partial charge in [0.2, 0.25) is 11.2 Å². The van der Waals surface area contributed by atoms with Crippen LogP contribution in [0.2, 0.25) is 0 Å². The van der Waals surface area contributed by atoms with Crippen molar-refractivity contribution in [1.29, 1.82) is 0 Å². The molecule has 1 aliphatic rings. The van der Waals surface area contributed by atoms with Gasteiger partial charge in [-0.05, 0) is 18.9 Å². The molecule has 1 heterocycles. The van der Waals surface area contributed by atoms with Crippen molar-refractivity contribution in [1.82, 2.24) is 4.57 Å². The molecule has 7 heteroatoms. The number of pyridine rings is 1. The average molecular weight is 323 g/mol. The number of rotatable bonds is 4. The van der Waals surface area contributed by atoms with Crippen LogP contribution in [0.4, 0.5) is 8.78 Å². The zero-order chi connectivity index (χ0) is 16.7. The maximum absolute atomic E-state index is 14.0. The van der Waals surface area contributed by atoms with E-state index in [4.69, 9.17) is 9.47 Å². The lowest BCUT2D eigenvalue weighted by Gasteiger charge is -2.16. The lowest BCUT2D eigenvalue weighted by Crippen LogP contribution is -2.18. The van der Waals surface area contributed by atoms with Gasteiger partial charge in [-0.1, -0.05) is 6.92 Å². The minimum absolute atomic E-state index is 0.0379. The van der Waals surface area contributed by atoms with E-state index in [-0.39, 0.29) is 34.9 Å². The Balaban J connectivity index is 2.35. The molecule has 23 heavy (non-hydrogen) atoms. The number of esters is 1. The summed E-state index contributed by atoms with van der Waals surface area (Å²) in [6, 6.07) is 0.855. The van der Waals surface area contributed by atoms with Crippen molar-refractivity contribution in [3.8, 4) is 11.5 Å². The van der Waals surface area contributed by atoms with Gasteiger partial charge < -0.3 is 14.0 Å². The van der Waals surface area contributed by atoms with E-state index in [1.54, 1.807) is 11.5 Å². The Hall–Kier alpha value is -2.44. The molecule has 0 radical (unpaired) electrons. The lowest BCUT2D eigenvalue weighted by atomic mass is 10.1. The average Bonchev–Trinajstić information content (AvgIpc) is 3.36. The molecule has 0 unspecified atom stereocenters. The van der Waals surface area contributed by atoms with Crippen LogP contribution in [-0.2, 0) is 4.79 Å². The molecule has 1 aromatic heterocycles. The van der Waals surface area contributed by atoms with Crippen molar-refractivity contribution in [3.63, 3.8) is 0 Å². The van der Waals surface area contributed by atoms with Crippen LogP contribution in [-0.4, -0.2) is 17.6 Å². The van der Waals surface area contributed by atoms with Crippen LogP contribution in [0.25, 0.3) is 10.9 Å². The number of hydrogen-bond donors (Lipinski definition) is 0. The van der Waals surface area contributed by atoms with E-state index in [0.29, 0.717) is 0 Å². The molecule has 3 rings (SSSR count). The summed E-state index contributed by atoms with van der Waals surface area (Å²) < 4.78 is 39.4. The maximum atomic E-state index is 14.0. The summed E-state index contributed by atoms with van der Waals surface area (Å²) in [7, 11) is 1.21. The first-order chi connectivity index (χ1) is 11.0. The molecule has 5 nitrogen and oxygen atoms in total. The van der Waals surface area contributed by atoms with Crippen LogP contribution in [0.5, 0.6) is 11.5 Å². The molecular formula is C16H15F2NO4. The highest BCUT2D eigenvalue weighted by atomic mass is 19.2.